The van der Waals surface area contributed by atoms with Gasteiger partial charge in [0.1, 0.15) is 5.82 Å². The Labute approximate surface area is 216 Å². The average molecular weight is 504 g/mol. The van der Waals surface area contributed by atoms with Gasteiger partial charge in [-0.15, -0.1) is 0 Å². The minimum absolute atomic E-state index is 0.0136. The van der Waals surface area contributed by atoms with Gasteiger partial charge in [-0.3, -0.25) is 14.4 Å². The number of hydrogen-bond donors (Lipinski definition) is 3. The third-order valence-corrected chi connectivity index (χ3v) is 8.81. The number of pyridine rings is 1. The van der Waals surface area contributed by atoms with Crippen LogP contribution in [0.3, 0.4) is 0 Å². The molecule has 0 bridgehead atoms. The number of ether oxygens (including phenoxy) is 1. The van der Waals surface area contributed by atoms with Crippen molar-refractivity contribution >= 4 is 29.1 Å². The highest BCUT2D eigenvalue weighted by molar-refractivity contribution is 6.02. The number of rotatable bonds is 7. The molecule has 3 heterocycles. The van der Waals surface area contributed by atoms with Crippen LogP contribution < -0.4 is 21.3 Å². The molecule has 6 rings (SSSR count). The van der Waals surface area contributed by atoms with Crippen LogP contribution in [0.2, 0.25) is 0 Å². The smallest absolute Gasteiger partial charge is 0.251 e. The average Bonchev–Trinajstić information content (AvgIpc) is 3.58. The SMILES string of the molecule is CC(=O)c1ccc(N2C3CC(NC(=O)c4ccc(C(N)=O)c(NC5CCOCC5)c4)CC4CCC432)nc1. The molecule has 4 unspecified atom stereocenters. The van der Waals surface area contributed by atoms with Crippen LogP contribution in [-0.2, 0) is 4.74 Å². The van der Waals surface area contributed by atoms with E-state index in [0.717, 1.165) is 44.3 Å². The van der Waals surface area contributed by atoms with Gasteiger partial charge in [0.15, 0.2) is 5.78 Å². The second-order valence-corrected chi connectivity index (χ2v) is 10.9. The fraction of sp³-hybridized carbons (Fsp3) is 0.500. The first-order valence-electron chi connectivity index (χ1n) is 13.2. The van der Waals surface area contributed by atoms with Crippen LogP contribution in [0.15, 0.2) is 36.5 Å². The third-order valence-electron chi connectivity index (χ3n) is 8.81. The lowest BCUT2D eigenvalue weighted by Crippen LogP contribution is -2.50. The molecular weight excluding hydrogens is 470 g/mol. The van der Waals surface area contributed by atoms with Crippen molar-refractivity contribution in [3.63, 3.8) is 0 Å². The summed E-state index contributed by atoms with van der Waals surface area (Å²) < 4.78 is 5.43. The Bertz CT molecular complexity index is 1240. The van der Waals surface area contributed by atoms with Gasteiger partial charge in [0.05, 0.1) is 17.1 Å². The molecule has 2 amide bonds. The summed E-state index contributed by atoms with van der Waals surface area (Å²) in [6.45, 7) is 2.89. The zero-order valence-electron chi connectivity index (χ0n) is 21.0. The van der Waals surface area contributed by atoms with E-state index < -0.39 is 5.91 Å². The first-order chi connectivity index (χ1) is 17.9. The summed E-state index contributed by atoms with van der Waals surface area (Å²) in [4.78, 5) is 43.9. The van der Waals surface area contributed by atoms with Crippen LogP contribution >= 0.6 is 0 Å². The summed E-state index contributed by atoms with van der Waals surface area (Å²) in [6, 6.07) is 9.44. The molecule has 1 spiro atoms. The van der Waals surface area contributed by atoms with Gasteiger partial charge < -0.3 is 26.0 Å². The van der Waals surface area contributed by atoms with Crippen LogP contribution in [0.25, 0.3) is 0 Å². The molecule has 2 saturated heterocycles. The number of anilines is 2. The molecule has 4 fully saturated rings. The highest BCUT2D eigenvalue weighted by Crippen LogP contribution is 2.65. The fourth-order valence-corrected chi connectivity index (χ4v) is 6.73. The second kappa shape index (κ2) is 9.13. The van der Waals surface area contributed by atoms with Crippen molar-refractivity contribution < 1.29 is 19.1 Å². The summed E-state index contributed by atoms with van der Waals surface area (Å²) in [5.41, 5.74) is 7.88. The zero-order valence-corrected chi connectivity index (χ0v) is 21.0. The molecule has 4 atom stereocenters. The number of primary amides is 1. The molecule has 194 valence electrons. The predicted molar refractivity (Wildman–Crippen MR) is 139 cm³/mol. The number of carbonyl (C=O) groups is 3. The summed E-state index contributed by atoms with van der Waals surface area (Å²) in [5, 5.41) is 6.66. The van der Waals surface area contributed by atoms with Gasteiger partial charge in [0.2, 0.25) is 0 Å². The number of hydrogen-bond acceptors (Lipinski definition) is 7. The lowest BCUT2D eigenvalue weighted by molar-refractivity contribution is 0.0886. The van der Waals surface area contributed by atoms with Crippen molar-refractivity contribution in [2.45, 2.75) is 69.1 Å². The molecule has 2 aromatic rings. The van der Waals surface area contributed by atoms with E-state index in [2.05, 4.69) is 20.5 Å². The lowest BCUT2D eigenvalue weighted by Gasteiger charge is -2.43. The van der Waals surface area contributed by atoms with Crippen molar-refractivity contribution in [2.75, 3.05) is 23.4 Å². The molecule has 4 aliphatic rings. The van der Waals surface area contributed by atoms with Gasteiger partial charge in [-0.25, -0.2) is 4.98 Å². The molecule has 0 radical (unpaired) electrons. The molecule has 4 N–H and O–H groups in total. The van der Waals surface area contributed by atoms with Crippen LogP contribution in [0.1, 0.15) is 76.5 Å². The molecule has 2 aliphatic heterocycles. The van der Waals surface area contributed by atoms with E-state index >= 15 is 0 Å². The first-order valence-corrected chi connectivity index (χ1v) is 13.2. The Morgan fingerprint density at radius 3 is 2.49 bits per heavy atom. The van der Waals surface area contributed by atoms with E-state index in [1.54, 1.807) is 31.3 Å². The summed E-state index contributed by atoms with van der Waals surface area (Å²) >= 11 is 0. The fourth-order valence-electron chi connectivity index (χ4n) is 6.73. The van der Waals surface area contributed by atoms with Gasteiger partial charge >= 0.3 is 0 Å². The molecule has 9 heteroatoms. The first kappa shape index (κ1) is 23.9. The number of nitrogens with zero attached hydrogens (tertiary/aromatic N) is 2. The minimum Gasteiger partial charge on any atom is -0.381 e. The predicted octanol–water partition coefficient (Wildman–Crippen LogP) is 2.90. The number of Topliss-reactive ketones (excluding diaryl/α,β-unsaturated/α-hetero) is 1. The summed E-state index contributed by atoms with van der Waals surface area (Å²) in [6.07, 6.45) is 7.44. The van der Waals surface area contributed by atoms with Crippen molar-refractivity contribution in [2.24, 2.45) is 11.7 Å². The molecule has 2 aliphatic carbocycles. The molecule has 2 saturated carbocycles. The summed E-state index contributed by atoms with van der Waals surface area (Å²) in [5.74, 6) is 0.791. The third kappa shape index (κ3) is 4.15. The quantitative estimate of drug-likeness (QED) is 0.392. The number of aromatic nitrogens is 1. The van der Waals surface area contributed by atoms with E-state index in [4.69, 9.17) is 10.5 Å². The van der Waals surface area contributed by atoms with Crippen molar-refractivity contribution in [3.8, 4) is 0 Å². The maximum absolute atomic E-state index is 13.3. The molecule has 9 nitrogen and oxygen atoms in total. The zero-order chi connectivity index (χ0) is 25.7. The number of benzene rings is 1. The number of carbonyl (C=O) groups excluding carboxylic acids is 3. The van der Waals surface area contributed by atoms with Gasteiger partial charge in [0, 0.05) is 48.3 Å². The Morgan fingerprint density at radius 2 is 1.84 bits per heavy atom. The Balaban J connectivity index is 1.15. The van der Waals surface area contributed by atoms with Crippen molar-refractivity contribution in [1.82, 2.24) is 10.3 Å². The maximum Gasteiger partial charge on any atom is 0.251 e. The van der Waals surface area contributed by atoms with Crippen LogP contribution in [0.4, 0.5) is 11.5 Å². The number of nitrogens with one attached hydrogen (secondary N) is 2. The number of amides is 2. The molecular formula is C28H33N5O4. The Morgan fingerprint density at radius 1 is 1.05 bits per heavy atom. The Hall–Kier alpha value is -3.46. The molecule has 1 aromatic carbocycles. The van der Waals surface area contributed by atoms with E-state index in [1.165, 1.54) is 0 Å². The van der Waals surface area contributed by atoms with Crippen LogP contribution in [0, 0.1) is 5.92 Å². The van der Waals surface area contributed by atoms with Crippen molar-refractivity contribution in [3.05, 3.63) is 53.2 Å². The Kier molecular flexibility index (Phi) is 5.90. The number of ketones is 1. The largest absolute Gasteiger partial charge is 0.381 e. The van der Waals surface area contributed by atoms with Crippen molar-refractivity contribution in [1.29, 1.82) is 0 Å². The van der Waals surface area contributed by atoms with Gasteiger partial charge in [0.25, 0.3) is 11.8 Å². The standard InChI is InChI=1S/C28H33N5O4/c1-16(34)18-3-5-25(30-15-18)33-24-14-21(13-19-6-9-28(19,24)33)32-27(36)17-2-4-22(26(29)35)23(12-17)31-20-7-10-37-11-8-20/h2-5,12,15,19-21,24,31H,6-11,13-14H2,1H3,(H2,29,35)(H,32,36). The van der Waals surface area contributed by atoms with Gasteiger partial charge in [-0.05, 0) is 81.7 Å². The lowest BCUT2D eigenvalue weighted by atomic mass is 9.63. The van der Waals surface area contributed by atoms with E-state index in [1.807, 2.05) is 12.1 Å². The second-order valence-electron chi connectivity index (χ2n) is 10.9. The number of nitrogens with two attached hydrogens (primary N) is 1. The van der Waals surface area contributed by atoms with Gasteiger partial charge in [-0.1, -0.05) is 0 Å². The normalized spacial score (nSPS) is 28.4. The van der Waals surface area contributed by atoms with Crippen LogP contribution in [0.5, 0.6) is 0 Å². The van der Waals surface area contributed by atoms with E-state index in [0.29, 0.717) is 47.6 Å². The van der Waals surface area contributed by atoms with E-state index in [9.17, 15) is 14.4 Å². The summed E-state index contributed by atoms with van der Waals surface area (Å²) in [7, 11) is 0. The van der Waals surface area contributed by atoms with Crippen LogP contribution in [-0.4, -0.2) is 59.5 Å². The maximum atomic E-state index is 13.3. The highest BCUT2D eigenvalue weighted by atomic mass is 16.5. The van der Waals surface area contributed by atoms with E-state index in [-0.39, 0.29) is 29.3 Å². The topological polar surface area (TPSA) is 126 Å². The highest BCUT2D eigenvalue weighted by Gasteiger charge is 2.73. The molecule has 37 heavy (non-hydrogen) atoms. The van der Waals surface area contributed by atoms with Gasteiger partial charge in [-0.2, -0.15) is 0 Å². The monoisotopic (exact) mass is 503 g/mol. The minimum atomic E-state index is -0.520. The molecule has 1 aromatic heterocycles.